The average molecular weight is 511 g/mol. The van der Waals surface area contributed by atoms with E-state index in [1.165, 1.54) is 0 Å². The molecule has 0 saturated heterocycles. The average Bonchev–Trinajstić information content (AvgIpc) is 3.25. The number of halogens is 1. The van der Waals surface area contributed by atoms with Gasteiger partial charge in [-0.05, 0) is 79.4 Å². The van der Waals surface area contributed by atoms with Crippen LogP contribution in [0.15, 0.2) is 78.9 Å². The lowest BCUT2D eigenvalue weighted by molar-refractivity contribution is -0.139. The fraction of sp³-hybridized carbons (Fsp3) is 0.167. The maximum Gasteiger partial charge on any atom is 0.312 e. The molecule has 2 heterocycles. The Balaban J connectivity index is 1.40. The number of carbonyl (C=O) groups excluding carboxylic acids is 1. The molecule has 1 N–H and O–H groups in total. The molecule has 6 nitrogen and oxygen atoms in total. The van der Waals surface area contributed by atoms with Crippen molar-refractivity contribution in [3.8, 4) is 5.75 Å². The number of carboxylic acids is 1. The topological polar surface area (TPSA) is 81.4 Å². The molecule has 0 amide bonds. The number of aromatic nitrogens is 2. The van der Waals surface area contributed by atoms with Crippen LogP contribution >= 0.6 is 11.6 Å². The number of benzene rings is 3. The monoisotopic (exact) mass is 510 g/mol. The molecule has 0 radical (unpaired) electrons. The third-order valence-corrected chi connectivity index (χ3v) is 7.22. The highest BCUT2D eigenvalue weighted by atomic mass is 35.5. The maximum atomic E-state index is 13.7. The van der Waals surface area contributed by atoms with Crippen molar-refractivity contribution in [1.82, 2.24) is 9.55 Å². The zero-order chi connectivity index (χ0) is 25.5. The molecule has 2 aromatic heterocycles. The van der Waals surface area contributed by atoms with Crippen LogP contribution in [0.4, 0.5) is 0 Å². The largest absolute Gasteiger partial charge is 0.487 e. The van der Waals surface area contributed by atoms with E-state index in [0.717, 1.165) is 34.0 Å². The van der Waals surface area contributed by atoms with Crippen molar-refractivity contribution in [2.24, 2.45) is 0 Å². The van der Waals surface area contributed by atoms with Gasteiger partial charge in [-0.1, -0.05) is 35.9 Å². The predicted molar refractivity (Wildman–Crippen MR) is 143 cm³/mol. The highest BCUT2D eigenvalue weighted by Crippen LogP contribution is 2.40. The fourth-order valence-corrected chi connectivity index (χ4v) is 5.35. The van der Waals surface area contributed by atoms with Crippen molar-refractivity contribution >= 4 is 45.3 Å². The van der Waals surface area contributed by atoms with Gasteiger partial charge in [0.2, 0.25) is 0 Å². The molecule has 3 aromatic carbocycles. The number of fused-ring (bicyclic) bond motifs is 4. The summed E-state index contributed by atoms with van der Waals surface area (Å²) in [5.41, 5.74) is 4.29. The maximum absolute atomic E-state index is 13.7. The van der Waals surface area contributed by atoms with Crippen molar-refractivity contribution in [1.29, 1.82) is 0 Å². The summed E-state index contributed by atoms with van der Waals surface area (Å²) >= 11 is 6.02. The second-order valence-electron chi connectivity index (χ2n) is 9.26. The zero-order valence-corrected chi connectivity index (χ0v) is 20.6. The van der Waals surface area contributed by atoms with E-state index in [2.05, 4.69) is 4.98 Å². The van der Waals surface area contributed by atoms with E-state index in [4.69, 9.17) is 16.3 Å². The molecule has 0 saturated carbocycles. The minimum absolute atomic E-state index is 0.273. The van der Waals surface area contributed by atoms with Gasteiger partial charge in [0.25, 0.3) is 5.91 Å². The first-order valence-electron chi connectivity index (χ1n) is 12.2. The Morgan fingerprint density at radius 1 is 1.03 bits per heavy atom. The van der Waals surface area contributed by atoms with Gasteiger partial charge in [0.15, 0.2) is 0 Å². The summed E-state index contributed by atoms with van der Waals surface area (Å²) in [4.78, 5) is 30.5. The normalized spacial score (nSPS) is 15.0. The first-order valence-corrected chi connectivity index (χ1v) is 12.5. The van der Waals surface area contributed by atoms with Crippen LogP contribution in [0.5, 0.6) is 5.75 Å². The third-order valence-electron chi connectivity index (χ3n) is 6.97. The summed E-state index contributed by atoms with van der Waals surface area (Å²) in [5.74, 6) is -1.31. The second-order valence-corrected chi connectivity index (χ2v) is 9.69. The van der Waals surface area contributed by atoms with Gasteiger partial charge in [-0.2, -0.15) is 0 Å². The van der Waals surface area contributed by atoms with E-state index in [9.17, 15) is 14.7 Å². The van der Waals surface area contributed by atoms with Gasteiger partial charge in [-0.25, -0.2) is 4.98 Å². The third kappa shape index (κ3) is 4.23. The van der Waals surface area contributed by atoms with Gasteiger partial charge in [-0.3, -0.25) is 14.2 Å². The van der Waals surface area contributed by atoms with Crippen LogP contribution in [0.3, 0.4) is 0 Å². The van der Waals surface area contributed by atoms with Crippen LogP contribution in [0.2, 0.25) is 5.02 Å². The van der Waals surface area contributed by atoms with E-state index in [1.807, 2.05) is 54.6 Å². The molecular formula is C30H23ClN2O4. The predicted octanol–water partition coefficient (Wildman–Crippen LogP) is 6.61. The Bertz CT molecular complexity index is 1670. The molecule has 0 fully saturated rings. The number of para-hydroxylation sites is 1. The molecule has 1 unspecified atom stereocenters. The van der Waals surface area contributed by atoms with E-state index >= 15 is 0 Å². The van der Waals surface area contributed by atoms with E-state index in [0.29, 0.717) is 47.0 Å². The Labute approximate surface area is 218 Å². The van der Waals surface area contributed by atoms with E-state index in [-0.39, 0.29) is 5.91 Å². The minimum Gasteiger partial charge on any atom is -0.487 e. The molecule has 5 aromatic rings. The van der Waals surface area contributed by atoms with Crippen LogP contribution in [0.25, 0.3) is 21.8 Å². The van der Waals surface area contributed by atoms with Gasteiger partial charge in [0.1, 0.15) is 12.4 Å². The lowest BCUT2D eigenvalue weighted by atomic mass is 9.86. The highest BCUT2D eigenvalue weighted by Gasteiger charge is 2.34. The van der Waals surface area contributed by atoms with Crippen LogP contribution in [0, 0.1) is 0 Å². The molecule has 1 aliphatic rings. The summed E-state index contributed by atoms with van der Waals surface area (Å²) in [6, 6.07) is 24.1. The van der Waals surface area contributed by atoms with Crippen LogP contribution in [-0.4, -0.2) is 26.5 Å². The van der Waals surface area contributed by atoms with Gasteiger partial charge >= 0.3 is 5.97 Å². The van der Waals surface area contributed by atoms with Gasteiger partial charge in [0.05, 0.1) is 22.6 Å². The van der Waals surface area contributed by atoms with Crippen molar-refractivity contribution in [3.05, 3.63) is 106 Å². The van der Waals surface area contributed by atoms with Crippen molar-refractivity contribution in [2.75, 3.05) is 0 Å². The minimum atomic E-state index is -0.923. The summed E-state index contributed by atoms with van der Waals surface area (Å²) in [6.07, 6.45) is 1.93. The molecular weight excluding hydrogens is 488 g/mol. The Morgan fingerprint density at radius 3 is 2.65 bits per heavy atom. The molecule has 6 rings (SSSR count). The smallest absolute Gasteiger partial charge is 0.312 e. The van der Waals surface area contributed by atoms with Crippen LogP contribution in [-0.2, 0) is 17.8 Å². The summed E-state index contributed by atoms with van der Waals surface area (Å²) in [5, 5.41) is 12.4. The number of carboxylic acid groups (broad SMARTS) is 1. The van der Waals surface area contributed by atoms with Gasteiger partial charge in [0, 0.05) is 27.1 Å². The summed E-state index contributed by atoms with van der Waals surface area (Å²) in [7, 11) is 0. The number of rotatable bonds is 5. The first kappa shape index (κ1) is 23.3. The highest BCUT2D eigenvalue weighted by molar-refractivity contribution is 6.30. The summed E-state index contributed by atoms with van der Waals surface area (Å²) in [6.45, 7) is 0.292. The van der Waals surface area contributed by atoms with Crippen molar-refractivity contribution in [2.45, 2.75) is 31.8 Å². The molecule has 37 heavy (non-hydrogen) atoms. The Hall–Kier alpha value is -4.16. The standard InChI is InChI=1S/C30H23ClN2O4/c31-20-11-8-19(9-12-20)29(34)33-27-15-14-22(16-25(27)23-5-3-6-24(28(23)33)30(35)36)37-17-21-13-10-18-4-1-2-7-26(18)32-21/h1-2,4,7-16,24H,3,5-6,17H2,(H,35,36). The van der Waals surface area contributed by atoms with Gasteiger partial charge in [-0.15, -0.1) is 0 Å². The fourth-order valence-electron chi connectivity index (χ4n) is 5.22. The quantitative estimate of drug-likeness (QED) is 0.287. The number of aliphatic carboxylic acids is 1. The molecule has 1 aliphatic carbocycles. The number of carbonyl (C=O) groups is 2. The lowest BCUT2D eigenvalue weighted by Crippen LogP contribution is -2.24. The van der Waals surface area contributed by atoms with Crippen molar-refractivity contribution < 1.29 is 19.4 Å². The van der Waals surface area contributed by atoms with Crippen LogP contribution < -0.4 is 4.74 Å². The summed E-state index contributed by atoms with van der Waals surface area (Å²) < 4.78 is 7.66. The SMILES string of the molecule is O=C(O)C1CCCc2c1n(C(=O)c1ccc(Cl)cc1)c1ccc(OCc3ccc4ccccc4n3)cc21. The molecule has 7 heteroatoms. The zero-order valence-electron chi connectivity index (χ0n) is 19.9. The Morgan fingerprint density at radius 2 is 1.84 bits per heavy atom. The van der Waals surface area contributed by atoms with Crippen LogP contribution in [0.1, 0.15) is 46.1 Å². The molecule has 1 atom stereocenters. The number of hydrogen-bond donors (Lipinski definition) is 1. The second kappa shape index (κ2) is 9.37. The number of ether oxygens (including phenoxy) is 1. The van der Waals surface area contributed by atoms with Gasteiger partial charge < -0.3 is 9.84 Å². The first-order chi connectivity index (χ1) is 18.0. The number of aryl methyl sites for hydroxylation is 1. The van der Waals surface area contributed by atoms with E-state index in [1.54, 1.807) is 28.8 Å². The molecule has 0 spiro atoms. The lowest BCUT2D eigenvalue weighted by Gasteiger charge is -2.22. The van der Waals surface area contributed by atoms with E-state index < -0.39 is 11.9 Å². The molecule has 0 aliphatic heterocycles. The molecule has 184 valence electrons. The number of hydrogen-bond acceptors (Lipinski definition) is 4. The Kier molecular flexibility index (Phi) is 5.89. The molecule has 0 bridgehead atoms. The number of pyridine rings is 1. The number of nitrogens with zero attached hydrogens (tertiary/aromatic N) is 2. The van der Waals surface area contributed by atoms with Crippen molar-refractivity contribution in [3.63, 3.8) is 0 Å².